The highest BCUT2D eigenvalue weighted by molar-refractivity contribution is 8.04. The first-order valence-corrected chi connectivity index (χ1v) is 13.7. The second-order valence-corrected chi connectivity index (χ2v) is 13.8. The van der Waals surface area contributed by atoms with E-state index < -0.39 is 0 Å². The van der Waals surface area contributed by atoms with Crippen LogP contribution in [-0.2, 0) is 4.79 Å². The quantitative estimate of drug-likeness (QED) is 0.593. The van der Waals surface area contributed by atoms with Crippen molar-refractivity contribution in [3.8, 4) is 0 Å². The topological polar surface area (TPSA) is 57.5 Å². The summed E-state index contributed by atoms with van der Waals surface area (Å²) in [5, 5.41) is 21.8. The predicted octanol–water partition coefficient (Wildman–Crippen LogP) is 5.59. The van der Waals surface area contributed by atoms with Crippen molar-refractivity contribution in [2.45, 2.75) is 102 Å². The maximum absolute atomic E-state index is 12.4. The molecule has 3 nitrogen and oxygen atoms in total. The third-order valence-electron chi connectivity index (χ3n) is 11.0. The van der Waals surface area contributed by atoms with Crippen molar-refractivity contribution in [2.24, 2.45) is 46.3 Å². The molecule has 0 amide bonds. The van der Waals surface area contributed by atoms with Crippen LogP contribution in [0.4, 0.5) is 0 Å². The van der Waals surface area contributed by atoms with Gasteiger partial charge in [-0.05, 0) is 109 Å². The van der Waals surface area contributed by atoms with E-state index in [0.29, 0.717) is 58.5 Å². The molecule has 1 heterocycles. The van der Waals surface area contributed by atoms with E-state index >= 15 is 0 Å². The van der Waals surface area contributed by atoms with E-state index in [1.807, 2.05) is 0 Å². The Hall–Kier alpha value is -0.320. The number of carbonyl (C=O) groups is 1. The molecule has 31 heavy (non-hydrogen) atoms. The second kappa shape index (κ2) is 7.87. The predicted molar refractivity (Wildman–Crippen MR) is 127 cm³/mol. The number of fused-ring (bicyclic) bond motifs is 5. The van der Waals surface area contributed by atoms with Gasteiger partial charge in [-0.25, -0.2) is 0 Å². The van der Waals surface area contributed by atoms with Gasteiger partial charge in [-0.1, -0.05) is 27.4 Å². The van der Waals surface area contributed by atoms with Crippen molar-refractivity contribution in [3.05, 3.63) is 11.5 Å². The van der Waals surface area contributed by atoms with Gasteiger partial charge in [0, 0.05) is 6.42 Å². The lowest BCUT2D eigenvalue weighted by molar-refractivity contribution is -0.174. The van der Waals surface area contributed by atoms with Crippen LogP contribution in [0.1, 0.15) is 85.0 Å². The van der Waals surface area contributed by atoms with Crippen molar-refractivity contribution >= 4 is 17.5 Å². The van der Waals surface area contributed by atoms with Crippen LogP contribution in [0.3, 0.4) is 0 Å². The Labute approximate surface area is 192 Å². The molecule has 0 aromatic carbocycles. The third-order valence-corrected chi connectivity index (χ3v) is 12.3. The molecule has 4 saturated carbocycles. The maximum atomic E-state index is 12.4. The average Bonchev–Trinajstić information content (AvgIpc) is 3.21. The summed E-state index contributed by atoms with van der Waals surface area (Å²) in [6.45, 7) is 11.4. The van der Waals surface area contributed by atoms with E-state index in [9.17, 15) is 15.0 Å². The molecule has 2 N–H and O–H groups in total. The van der Waals surface area contributed by atoms with E-state index in [-0.39, 0.29) is 17.5 Å². The smallest absolute Gasteiger partial charge is 0.151 e. The fourth-order valence-corrected chi connectivity index (χ4v) is 10.7. The highest BCUT2D eigenvalue weighted by Crippen LogP contribution is 2.68. The zero-order chi connectivity index (χ0) is 22.1. The number of carbonyl (C=O) groups excluding carboxylic acids is 1. The monoisotopic (exact) mass is 446 g/mol. The fourth-order valence-electron chi connectivity index (χ4n) is 9.47. The molecular weight excluding hydrogens is 404 g/mol. The molecule has 11 atom stereocenters. The van der Waals surface area contributed by atoms with Crippen LogP contribution >= 0.6 is 11.8 Å². The number of Topliss-reactive ketones (excluding diaryl/α,β-unsaturated/α-hetero) is 1. The Balaban J connectivity index is 1.35. The number of rotatable bonds is 3. The molecular formula is C27H42O3S. The van der Waals surface area contributed by atoms with Gasteiger partial charge in [0.2, 0.25) is 0 Å². The van der Waals surface area contributed by atoms with Gasteiger partial charge in [-0.15, -0.1) is 11.8 Å². The highest BCUT2D eigenvalue weighted by atomic mass is 32.2. The van der Waals surface area contributed by atoms with Gasteiger partial charge in [0.15, 0.2) is 5.78 Å². The molecule has 0 spiro atoms. The Morgan fingerprint density at radius 1 is 1.06 bits per heavy atom. The Bertz CT molecular complexity index is 751. The number of hydrogen-bond acceptors (Lipinski definition) is 4. The molecule has 174 valence electrons. The molecule has 4 aliphatic carbocycles. The van der Waals surface area contributed by atoms with Crippen molar-refractivity contribution in [3.63, 3.8) is 0 Å². The fraction of sp³-hybridized carbons (Fsp3) is 0.889. The first-order valence-electron chi connectivity index (χ1n) is 12.9. The minimum absolute atomic E-state index is 0.120. The van der Waals surface area contributed by atoms with Crippen molar-refractivity contribution < 1.29 is 15.0 Å². The molecule has 5 rings (SSSR count). The van der Waals surface area contributed by atoms with Crippen LogP contribution in [0.25, 0.3) is 0 Å². The van der Waals surface area contributed by atoms with Crippen LogP contribution in [-0.4, -0.2) is 33.5 Å². The number of thioether (sulfide) groups is 1. The molecule has 0 bridgehead atoms. The Kier molecular flexibility index (Phi) is 5.71. The number of ketones is 1. The standard InChI is InChI=1S/C27H42O3S/c1-15(11-24-22(29)12-16(2)31-24)19-5-6-20-25-21(8-10-27(19,20)4)26(3)9-7-18(28)13-17(26)14-23(25)30/h15,17-21,23-25,28,30H,2,5-14H2,1,3-4H3/t15-,17+,18-,19?,20?,21?,23?,24+,25?,26+,27-/m1/s1. The van der Waals surface area contributed by atoms with Crippen molar-refractivity contribution in [1.82, 2.24) is 0 Å². The second-order valence-electron chi connectivity index (χ2n) is 12.5. The molecule has 1 aliphatic heterocycles. The van der Waals surface area contributed by atoms with E-state index in [0.717, 1.165) is 37.0 Å². The SMILES string of the molecule is C=C1CC(=O)[C@H](C[C@@H](C)C2CCC3C4C(O)C[C@@H]5C[C@H](O)CC[C@]5(C)C4CC[C@@]32C)S1. The number of aliphatic hydroxyl groups excluding tert-OH is 2. The van der Waals surface area contributed by atoms with E-state index in [4.69, 9.17) is 0 Å². The number of aliphatic hydroxyl groups is 2. The van der Waals surface area contributed by atoms with Crippen LogP contribution in [0.15, 0.2) is 11.5 Å². The summed E-state index contributed by atoms with van der Waals surface area (Å²) < 4.78 is 0. The van der Waals surface area contributed by atoms with E-state index in [1.165, 1.54) is 25.7 Å². The summed E-state index contributed by atoms with van der Waals surface area (Å²) in [7, 11) is 0. The lowest BCUT2D eigenvalue weighted by Gasteiger charge is -2.62. The summed E-state index contributed by atoms with van der Waals surface area (Å²) >= 11 is 1.72. The molecule has 0 aromatic heterocycles. The number of allylic oxidation sites excluding steroid dienone is 1. The lowest BCUT2D eigenvalue weighted by Crippen LogP contribution is -2.58. The third kappa shape index (κ3) is 3.49. The summed E-state index contributed by atoms with van der Waals surface area (Å²) in [5.41, 5.74) is 0.587. The molecule has 5 aliphatic rings. The molecule has 4 heteroatoms. The lowest BCUT2D eigenvalue weighted by atomic mass is 9.43. The Morgan fingerprint density at radius 3 is 2.48 bits per heavy atom. The molecule has 1 saturated heterocycles. The van der Waals surface area contributed by atoms with Gasteiger partial charge in [0.05, 0.1) is 17.5 Å². The van der Waals surface area contributed by atoms with Gasteiger partial charge in [-0.3, -0.25) is 4.79 Å². The van der Waals surface area contributed by atoms with Gasteiger partial charge in [-0.2, -0.15) is 0 Å². The van der Waals surface area contributed by atoms with Crippen LogP contribution in [0.5, 0.6) is 0 Å². The van der Waals surface area contributed by atoms with Crippen LogP contribution in [0, 0.1) is 46.3 Å². The van der Waals surface area contributed by atoms with Gasteiger partial charge in [0.25, 0.3) is 0 Å². The van der Waals surface area contributed by atoms with Crippen molar-refractivity contribution in [2.75, 3.05) is 0 Å². The molecule has 5 unspecified atom stereocenters. The Morgan fingerprint density at radius 2 is 1.77 bits per heavy atom. The van der Waals surface area contributed by atoms with Crippen LogP contribution in [0.2, 0.25) is 0 Å². The zero-order valence-corrected chi connectivity index (χ0v) is 20.5. The van der Waals surface area contributed by atoms with Gasteiger partial charge in [0.1, 0.15) is 0 Å². The summed E-state index contributed by atoms with van der Waals surface area (Å²) in [4.78, 5) is 13.4. The summed E-state index contributed by atoms with van der Waals surface area (Å²) in [6.07, 6.45) is 10.0. The van der Waals surface area contributed by atoms with Gasteiger partial charge < -0.3 is 10.2 Å². The highest BCUT2D eigenvalue weighted by Gasteiger charge is 2.63. The average molecular weight is 447 g/mol. The zero-order valence-electron chi connectivity index (χ0n) is 19.7. The normalized spacial score (nSPS) is 53.1. The van der Waals surface area contributed by atoms with E-state index in [2.05, 4.69) is 27.4 Å². The van der Waals surface area contributed by atoms with Crippen LogP contribution < -0.4 is 0 Å². The molecule has 0 aromatic rings. The summed E-state index contributed by atoms with van der Waals surface area (Å²) in [5.74, 6) is 3.71. The largest absolute Gasteiger partial charge is 0.393 e. The molecule has 5 fully saturated rings. The summed E-state index contributed by atoms with van der Waals surface area (Å²) in [6, 6.07) is 0. The number of hydrogen-bond donors (Lipinski definition) is 2. The first-order chi connectivity index (χ1) is 14.6. The van der Waals surface area contributed by atoms with Crippen molar-refractivity contribution in [1.29, 1.82) is 0 Å². The minimum Gasteiger partial charge on any atom is -0.393 e. The van der Waals surface area contributed by atoms with Gasteiger partial charge >= 0.3 is 0 Å². The van der Waals surface area contributed by atoms with E-state index in [1.54, 1.807) is 11.8 Å². The first kappa shape index (κ1) is 22.5. The maximum Gasteiger partial charge on any atom is 0.151 e. The molecule has 0 radical (unpaired) electrons. The minimum atomic E-state index is -0.206.